The first-order chi connectivity index (χ1) is 9.33. The molecule has 0 radical (unpaired) electrons. The highest BCUT2D eigenvalue weighted by Gasteiger charge is 2.21. The molecule has 2 N–H and O–H groups in total. The third-order valence-corrected chi connectivity index (χ3v) is 4.41. The lowest BCUT2D eigenvalue weighted by atomic mass is 10.1. The van der Waals surface area contributed by atoms with E-state index in [0.717, 1.165) is 42.6 Å². The lowest BCUT2D eigenvalue weighted by molar-refractivity contribution is 0.118. The fourth-order valence-electron chi connectivity index (χ4n) is 2.45. The third-order valence-electron chi connectivity index (χ3n) is 3.54. The Morgan fingerprint density at radius 2 is 2.26 bits per heavy atom. The van der Waals surface area contributed by atoms with Gasteiger partial charge < -0.3 is 10.4 Å². The second kappa shape index (κ2) is 7.77. The molecule has 2 rings (SSSR count). The van der Waals surface area contributed by atoms with Gasteiger partial charge in [0.05, 0.1) is 13.2 Å². The van der Waals surface area contributed by atoms with E-state index in [1.165, 1.54) is 19.3 Å². The van der Waals surface area contributed by atoms with Crippen LogP contribution in [0.25, 0.3) is 0 Å². The summed E-state index contributed by atoms with van der Waals surface area (Å²) in [7, 11) is 0. The third kappa shape index (κ3) is 4.40. The molecule has 2 heterocycles. The molecule has 0 spiro atoms. The predicted octanol–water partition coefficient (Wildman–Crippen LogP) is 2.10. The number of rotatable bonds is 6. The molecule has 0 bridgehead atoms. The van der Waals surface area contributed by atoms with Crippen molar-refractivity contribution in [2.24, 2.45) is 0 Å². The van der Waals surface area contributed by atoms with E-state index in [-0.39, 0.29) is 6.61 Å². The van der Waals surface area contributed by atoms with Gasteiger partial charge in [-0.1, -0.05) is 31.1 Å². The highest BCUT2D eigenvalue weighted by atomic mass is 32.1. The predicted molar refractivity (Wildman–Crippen MR) is 78.4 cm³/mol. The number of nitrogens with one attached hydrogen (secondary N) is 1. The van der Waals surface area contributed by atoms with Crippen LogP contribution in [0.3, 0.4) is 0 Å². The SMILES string of the molecule is CCCNc1nnc(CN2CCCCCC2CO)s1. The summed E-state index contributed by atoms with van der Waals surface area (Å²) in [4.78, 5) is 2.36. The summed E-state index contributed by atoms with van der Waals surface area (Å²) in [5.41, 5.74) is 0. The van der Waals surface area contributed by atoms with Gasteiger partial charge in [-0.3, -0.25) is 4.90 Å². The molecule has 0 aromatic carbocycles. The average Bonchev–Trinajstić information content (AvgIpc) is 2.74. The van der Waals surface area contributed by atoms with Crippen molar-refractivity contribution in [3.05, 3.63) is 5.01 Å². The maximum atomic E-state index is 9.50. The van der Waals surface area contributed by atoms with Gasteiger partial charge in [-0.25, -0.2) is 0 Å². The maximum absolute atomic E-state index is 9.50. The van der Waals surface area contributed by atoms with Crippen molar-refractivity contribution in [2.75, 3.05) is 25.0 Å². The van der Waals surface area contributed by atoms with Crippen molar-refractivity contribution < 1.29 is 5.11 Å². The van der Waals surface area contributed by atoms with E-state index in [2.05, 4.69) is 27.3 Å². The Bertz CT molecular complexity index is 371. The Labute approximate surface area is 119 Å². The van der Waals surface area contributed by atoms with Crippen molar-refractivity contribution in [3.8, 4) is 0 Å². The zero-order chi connectivity index (χ0) is 13.5. The fraction of sp³-hybridized carbons (Fsp3) is 0.846. The van der Waals surface area contributed by atoms with Crippen molar-refractivity contribution in [3.63, 3.8) is 0 Å². The molecule has 0 amide bonds. The summed E-state index contributed by atoms with van der Waals surface area (Å²) in [6, 6.07) is 0.290. The van der Waals surface area contributed by atoms with Gasteiger partial charge in [0.1, 0.15) is 5.01 Å². The lowest BCUT2D eigenvalue weighted by Gasteiger charge is -2.27. The molecular weight excluding hydrogens is 260 g/mol. The molecule has 1 aromatic heterocycles. The number of aliphatic hydroxyl groups excluding tert-OH is 1. The second-order valence-electron chi connectivity index (χ2n) is 5.08. The highest BCUT2D eigenvalue weighted by molar-refractivity contribution is 7.15. The Hall–Kier alpha value is -0.720. The number of aliphatic hydroxyl groups is 1. The van der Waals surface area contributed by atoms with E-state index < -0.39 is 0 Å². The Morgan fingerprint density at radius 1 is 1.37 bits per heavy atom. The summed E-state index contributed by atoms with van der Waals surface area (Å²) in [5, 5.41) is 23.1. The zero-order valence-electron chi connectivity index (χ0n) is 11.6. The average molecular weight is 284 g/mol. The van der Waals surface area contributed by atoms with Crippen LogP contribution in [0.2, 0.25) is 0 Å². The standard InChI is InChI=1S/C13H24N4OS/c1-2-7-14-13-16-15-12(19-13)9-17-8-5-3-4-6-11(17)10-18/h11,18H,2-10H2,1H3,(H,14,16). The molecule has 108 valence electrons. The summed E-state index contributed by atoms with van der Waals surface area (Å²) in [6.45, 7) is 5.20. The molecule has 1 saturated heterocycles. The van der Waals surface area contributed by atoms with Crippen LogP contribution in [0.4, 0.5) is 5.13 Å². The number of aromatic nitrogens is 2. The van der Waals surface area contributed by atoms with Crippen molar-refractivity contribution in [1.29, 1.82) is 0 Å². The molecule has 1 fully saturated rings. The molecular formula is C13H24N4OS. The first kappa shape index (κ1) is 14.7. The molecule has 1 aliphatic rings. The van der Waals surface area contributed by atoms with Gasteiger partial charge in [0.2, 0.25) is 5.13 Å². The Morgan fingerprint density at radius 3 is 3.05 bits per heavy atom. The Kier molecular flexibility index (Phi) is 6.00. The van der Waals surface area contributed by atoms with Crippen molar-refractivity contribution >= 4 is 16.5 Å². The monoisotopic (exact) mass is 284 g/mol. The number of nitrogens with zero attached hydrogens (tertiary/aromatic N) is 3. The van der Waals surface area contributed by atoms with E-state index in [4.69, 9.17) is 0 Å². The molecule has 1 aliphatic heterocycles. The number of anilines is 1. The zero-order valence-corrected chi connectivity index (χ0v) is 12.5. The lowest BCUT2D eigenvalue weighted by Crippen LogP contribution is -2.36. The molecule has 1 atom stereocenters. The fourth-order valence-corrected chi connectivity index (χ4v) is 3.24. The minimum absolute atomic E-state index is 0.250. The van der Waals surface area contributed by atoms with Gasteiger partial charge in [0.15, 0.2) is 0 Å². The molecule has 19 heavy (non-hydrogen) atoms. The molecule has 0 saturated carbocycles. The van der Waals surface area contributed by atoms with Crippen LogP contribution in [0, 0.1) is 0 Å². The topological polar surface area (TPSA) is 61.3 Å². The van der Waals surface area contributed by atoms with Crippen LogP contribution in [-0.2, 0) is 6.54 Å². The van der Waals surface area contributed by atoms with E-state index in [0.29, 0.717) is 6.04 Å². The quantitative estimate of drug-likeness (QED) is 0.837. The summed E-state index contributed by atoms with van der Waals surface area (Å²) in [6.07, 6.45) is 5.90. The van der Waals surface area contributed by atoms with Crippen LogP contribution in [0.1, 0.15) is 44.0 Å². The maximum Gasteiger partial charge on any atom is 0.205 e. The second-order valence-corrected chi connectivity index (χ2v) is 6.15. The van der Waals surface area contributed by atoms with Gasteiger partial charge in [0, 0.05) is 12.6 Å². The van der Waals surface area contributed by atoms with E-state index >= 15 is 0 Å². The van der Waals surface area contributed by atoms with Crippen molar-refractivity contribution in [1.82, 2.24) is 15.1 Å². The molecule has 5 nitrogen and oxygen atoms in total. The normalized spacial score (nSPS) is 21.3. The van der Waals surface area contributed by atoms with Crippen LogP contribution >= 0.6 is 11.3 Å². The Balaban J connectivity index is 1.92. The van der Waals surface area contributed by atoms with Gasteiger partial charge in [-0.2, -0.15) is 0 Å². The molecule has 6 heteroatoms. The van der Waals surface area contributed by atoms with Crippen molar-refractivity contribution in [2.45, 2.75) is 51.6 Å². The summed E-state index contributed by atoms with van der Waals surface area (Å²) >= 11 is 1.63. The van der Waals surface area contributed by atoms with E-state index in [1.807, 2.05) is 0 Å². The minimum Gasteiger partial charge on any atom is -0.395 e. The van der Waals surface area contributed by atoms with E-state index in [9.17, 15) is 5.11 Å². The van der Waals surface area contributed by atoms with Gasteiger partial charge in [0.25, 0.3) is 0 Å². The highest BCUT2D eigenvalue weighted by Crippen LogP contribution is 2.22. The first-order valence-corrected chi connectivity index (χ1v) is 8.06. The van der Waals surface area contributed by atoms with E-state index in [1.54, 1.807) is 11.3 Å². The van der Waals surface area contributed by atoms with Gasteiger partial charge in [-0.05, 0) is 25.8 Å². The van der Waals surface area contributed by atoms with Gasteiger partial charge in [-0.15, -0.1) is 10.2 Å². The number of hydrogen-bond acceptors (Lipinski definition) is 6. The number of hydrogen-bond donors (Lipinski definition) is 2. The van der Waals surface area contributed by atoms with Crippen LogP contribution in [0.15, 0.2) is 0 Å². The first-order valence-electron chi connectivity index (χ1n) is 7.24. The van der Waals surface area contributed by atoms with Crippen LogP contribution in [0.5, 0.6) is 0 Å². The minimum atomic E-state index is 0.250. The van der Waals surface area contributed by atoms with Gasteiger partial charge >= 0.3 is 0 Å². The number of likely N-dealkylation sites (tertiary alicyclic amines) is 1. The molecule has 1 aromatic rings. The molecule has 0 aliphatic carbocycles. The summed E-state index contributed by atoms with van der Waals surface area (Å²) < 4.78 is 0. The van der Waals surface area contributed by atoms with Crippen LogP contribution < -0.4 is 5.32 Å². The largest absolute Gasteiger partial charge is 0.395 e. The van der Waals surface area contributed by atoms with Crippen LogP contribution in [-0.4, -0.2) is 45.9 Å². The summed E-state index contributed by atoms with van der Waals surface area (Å²) in [5.74, 6) is 0. The smallest absolute Gasteiger partial charge is 0.205 e. The molecule has 1 unspecified atom stereocenters.